The molecule has 1 saturated carbocycles. The smallest absolute Gasteiger partial charge is 0.475 e. The van der Waals surface area contributed by atoms with Crippen molar-refractivity contribution in [2.45, 2.75) is 70.3 Å². The number of piperidine rings is 1. The molecule has 206 valence electrons. The van der Waals surface area contributed by atoms with E-state index in [-0.39, 0.29) is 0 Å². The Morgan fingerprint density at radius 2 is 1.26 bits per heavy atom. The molecule has 0 aromatic rings. The second-order valence-corrected chi connectivity index (χ2v) is 9.14. The van der Waals surface area contributed by atoms with Gasteiger partial charge in [0.05, 0.1) is 0 Å². The Balaban J connectivity index is 0.000000362. The summed E-state index contributed by atoms with van der Waals surface area (Å²) in [5, 5.41) is 14.2. The van der Waals surface area contributed by atoms with Gasteiger partial charge in [-0.25, -0.2) is 9.59 Å². The van der Waals surface area contributed by atoms with Gasteiger partial charge in [-0.2, -0.15) is 26.3 Å². The van der Waals surface area contributed by atoms with Crippen LogP contribution in [0.5, 0.6) is 0 Å². The minimum Gasteiger partial charge on any atom is -0.475 e. The van der Waals surface area contributed by atoms with Crippen molar-refractivity contribution < 1.29 is 46.1 Å². The number of carboxylic acids is 2. The van der Waals surface area contributed by atoms with Crippen molar-refractivity contribution in [1.29, 1.82) is 0 Å². The minimum absolute atomic E-state index is 0.926. The largest absolute Gasteiger partial charge is 0.490 e. The highest BCUT2D eigenvalue weighted by molar-refractivity contribution is 5.73. The summed E-state index contributed by atoms with van der Waals surface area (Å²) in [6, 6.07) is 0.926. The number of hydrogen-bond acceptors (Lipinski definition) is 5. The Morgan fingerprint density at radius 1 is 0.743 bits per heavy atom. The van der Waals surface area contributed by atoms with Crippen molar-refractivity contribution in [2.24, 2.45) is 5.92 Å². The summed E-state index contributed by atoms with van der Waals surface area (Å²) in [5.41, 5.74) is 0. The number of nitrogens with zero attached hydrogens (tertiary/aromatic N) is 3. The molecule has 7 nitrogen and oxygen atoms in total. The third-order valence-electron chi connectivity index (χ3n) is 6.52. The van der Waals surface area contributed by atoms with Crippen LogP contribution in [0, 0.1) is 5.92 Å². The fraction of sp³-hybridized carbons (Fsp3) is 0.909. The van der Waals surface area contributed by atoms with Crippen LogP contribution in [0.15, 0.2) is 0 Å². The third kappa shape index (κ3) is 12.8. The number of hydrogen-bond donors (Lipinski definition) is 2. The van der Waals surface area contributed by atoms with E-state index in [1.54, 1.807) is 0 Å². The molecule has 0 radical (unpaired) electrons. The van der Waals surface area contributed by atoms with Gasteiger partial charge in [-0.3, -0.25) is 4.90 Å². The predicted octanol–water partition coefficient (Wildman–Crippen LogP) is 3.94. The molecule has 0 aromatic carbocycles. The Bertz CT molecular complexity index is 618. The lowest BCUT2D eigenvalue weighted by atomic mass is 9.97. The van der Waals surface area contributed by atoms with E-state index in [0.29, 0.717) is 0 Å². The van der Waals surface area contributed by atoms with Gasteiger partial charge >= 0.3 is 24.3 Å². The lowest BCUT2D eigenvalue weighted by Gasteiger charge is -2.35. The van der Waals surface area contributed by atoms with Crippen LogP contribution in [0.2, 0.25) is 0 Å². The lowest BCUT2D eigenvalue weighted by molar-refractivity contribution is -0.193. The van der Waals surface area contributed by atoms with E-state index in [1.807, 2.05) is 0 Å². The van der Waals surface area contributed by atoms with Gasteiger partial charge in [-0.15, -0.1) is 0 Å². The number of likely N-dealkylation sites (tertiary alicyclic amines) is 1. The maximum atomic E-state index is 10.6. The highest BCUT2D eigenvalue weighted by Gasteiger charge is 2.38. The zero-order valence-corrected chi connectivity index (χ0v) is 20.1. The van der Waals surface area contributed by atoms with E-state index >= 15 is 0 Å². The molecule has 2 aliphatic heterocycles. The second-order valence-electron chi connectivity index (χ2n) is 9.14. The van der Waals surface area contributed by atoms with Crippen molar-refractivity contribution >= 4 is 11.9 Å². The van der Waals surface area contributed by atoms with Crippen LogP contribution in [-0.4, -0.2) is 108 Å². The van der Waals surface area contributed by atoms with E-state index in [2.05, 4.69) is 21.6 Å². The van der Waals surface area contributed by atoms with Gasteiger partial charge in [0.1, 0.15) is 0 Å². The maximum Gasteiger partial charge on any atom is 0.490 e. The molecule has 3 fully saturated rings. The lowest BCUT2D eigenvalue weighted by Crippen LogP contribution is -2.42. The van der Waals surface area contributed by atoms with Crippen molar-refractivity contribution in [1.82, 2.24) is 14.7 Å². The standard InChI is InChI=1S/C18H35N3.2C2HF3O2/c1-2-19-10-5-7-17(15-19)16-20-11-6-12-21(14-13-20)18-8-3-4-9-18;2*3-2(4,5)1(6)7/h17-18H,2-16H2,1H3;2*(H,6,7). The highest BCUT2D eigenvalue weighted by Crippen LogP contribution is 2.25. The molecular formula is C22H37F6N3O4. The molecule has 2 N–H and O–H groups in total. The van der Waals surface area contributed by atoms with Gasteiger partial charge < -0.3 is 20.0 Å². The molecule has 1 atom stereocenters. The van der Waals surface area contributed by atoms with E-state index < -0.39 is 24.3 Å². The molecule has 0 spiro atoms. The van der Waals surface area contributed by atoms with Crippen molar-refractivity contribution in [3.63, 3.8) is 0 Å². The summed E-state index contributed by atoms with van der Waals surface area (Å²) in [6.07, 6.45) is -0.0254. The highest BCUT2D eigenvalue weighted by atomic mass is 19.4. The molecule has 0 aromatic heterocycles. The van der Waals surface area contributed by atoms with Gasteiger partial charge in [-0.1, -0.05) is 19.8 Å². The van der Waals surface area contributed by atoms with Crippen LogP contribution < -0.4 is 0 Å². The molecule has 2 saturated heterocycles. The first-order chi connectivity index (χ1) is 16.2. The molecule has 0 amide bonds. The quantitative estimate of drug-likeness (QED) is 0.543. The first-order valence-corrected chi connectivity index (χ1v) is 12.0. The van der Waals surface area contributed by atoms with Crippen LogP contribution in [0.1, 0.15) is 51.9 Å². The number of aliphatic carboxylic acids is 2. The van der Waals surface area contributed by atoms with Gasteiger partial charge in [0, 0.05) is 32.2 Å². The van der Waals surface area contributed by atoms with Crippen molar-refractivity contribution in [3.8, 4) is 0 Å². The molecule has 0 bridgehead atoms. The Kier molecular flexibility index (Phi) is 13.3. The Labute approximate surface area is 202 Å². The number of halogens is 6. The number of alkyl halides is 6. The summed E-state index contributed by atoms with van der Waals surface area (Å²) < 4.78 is 63.5. The Morgan fingerprint density at radius 3 is 1.74 bits per heavy atom. The topological polar surface area (TPSA) is 84.3 Å². The normalized spacial score (nSPS) is 23.5. The summed E-state index contributed by atoms with van der Waals surface area (Å²) >= 11 is 0. The van der Waals surface area contributed by atoms with E-state index in [0.717, 1.165) is 12.0 Å². The summed E-state index contributed by atoms with van der Waals surface area (Å²) in [5.74, 6) is -4.59. The van der Waals surface area contributed by atoms with Crippen molar-refractivity contribution in [2.75, 3.05) is 52.4 Å². The minimum atomic E-state index is -5.08. The van der Waals surface area contributed by atoms with Crippen LogP contribution in [0.25, 0.3) is 0 Å². The number of carboxylic acid groups (broad SMARTS) is 2. The third-order valence-corrected chi connectivity index (χ3v) is 6.52. The van der Waals surface area contributed by atoms with Gasteiger partial charge in [-0.05, 0) is 64.2 Å². The number of carbonyl (C=O) groups is 2. The first kappa shape index (κ1) is 31.4. The molecule has 1 unspecified atom stereocenters. The molecular weight excluding hydrogens is 484 g/mol. The molecule has 3 aliphatic rings. The molecule has 35 heavy (non-hydrogen) atoms. The predicted molar refractivity (Wildman–Crippen MR) is 117 cm³/mol. The first-order valence-electron chi connectivity index (χ1n) is 12.0. The fourth-order valence-corrected chi connectivity index (χ4v) is 4.76. The molecule has 13 heteroatoms. The van der Waals surface area contributed by atoms with Gasteiger partial charge in [0.25, 0.3) is 0 Å². The summed E-state index contributed by atoms with van der Waals surface area (Å²) in [7, 11) is 0. The Hall–Kier alpha value is -1.60. The van der Waals surface area contributed by atoms with Gasteiger partial charge in [0.2, 0.25) is 0 Å². The zero-order valence-electron chi connectivity index (χ0n) is 20.1. The average Bonchev–Trinajstić information content (AvgIpc) is 3.21. The van der Waals surface area contributed by atoms with Crippen LogP contribution >= 0.6 is 0 Å². The van der Waals surface area contributed by atoms with Crippen LogP contribution in [0.3, 0.4) is 0 Å². The summed E-state index contributed by atoms with van der Waals surface area (Å²) in [6.45, 7) is 12.9. The van der Waals surface area contributed by atoms with E-state index in [1.165, 1.54) is 97.3 Å². The average molecular weight is 522 g/mol. The zero-order chi connectivity index (χ0) is 26.6. The monoisotopic (exact) mass is 521 g/mol. The molecule has 2 heterocycles. The molecule has 3 rings (SSSR count). The van der Waals surface area contributed by atoms with Crippen LogP contribution in [0.4, 0.5) is 26.3 Å². The maximum absolute atomic E-state index is 10.6. The SMILES string of the molecule is CCN1CCCC(CN2CCCN(C3CCCC3)CC2)C1.O=C(O)C(F)(F)F.O=C(O)C(F)(F)F. The fourth-order valence-electron chi connectivity index (χ4n) is 4.76. The van der Waals surface area contributed by atoms with Crippen molar-refractivity contribution in [3.05, 3.63) is 0 Å². The van der Waals surface area contributed by atoms with E-state index in [9.17, 15) is 26.3 Å². The molecule has 1 aliphatic carbocycles. The summed E-state index contributed by atoms with van der Waals surface area (Å²) in [4.78, 5) is 26.0. The second kappa shape index (κ2) is 14.8. The van der Waals surface area contributed by atoms with E-state index in [4.69, 9.17) is 19.8 Å². The van der Waals surface area contributed by atoms with Crippen LogP contribution in [-0.2, 0) is 9.59 Å². The number of rotatable bonds is 4. The van der Waals surface area contributed by atoms with Gasteiger partial charge in [0.15, 0.2) is 0 Å².